The van der Waals surface area contributed by atoms with E-state index in [0.29, 0.717) is 5.41 Å². The lowest BCUT2D eigenvalue weighted by Crippen LogP contribution is -2.25. The molecule has 1 unspecified atom stereocenters. The topological polar surface area (TPSA) is 36.0 Å². The molecule has 0 spiro atoms. The van der Waals surface area contributed by atoms with Crippen molar-refractivity contribution in [3.8, 4) is 0 Å². The van der Waals surface area contributed by atoms with Gasteiger partial charge in [-0.25, -0.2) is 0 Å². The molecule has 1 aliphatic rings. The number of aromatic nitrogens is 1. The molecular weight excluding hydrogens is 234 g/mol. The van der Waals surface area contributed by atoms with Crippen molar-refractivity contribution in [1.82, 2.24) is 4.98 Å². The normalized spacial score (nSPS) is 27.3. The molecule has 102 valence electrons. The highest BCUT2D eigenvalue weighted by atomic mass is 16.3. The molecule has 0 amide bonds. The molecule has 2 aromatic rings. The van der Waals surface area contributed by atoms with Gasteiger partial charge in [0.1, 0.15) is 0 Å². The van der Waals surface area contributed by atoms with Crippen LogP contribution in [0.4, 0.5) is 0 Å². The van der Waals surface area contributed by atoms with Gasteiger partial charge in [0, 0.05) is 11.7 Å². The zero-order valence-electron chi connectivity index (χ0n) is 11.9. The molecule has 2 nitrogen and oxygen atoms in total. The van der Waals surface area contributed by atoms with Gasteiger partial charge < -0.3 is 10.1 Å². The number of rotatable bonds is 1. The first-order chi connectivity index (χ1) is 8.99. The number of aliphatic hydroxyl groups is 1. The van der Waals surface area contributed by atoms with E-state index in [-0.39, 0.29) is 0 Å². The zero-order valence-corrected chi connectivity index (χ0v) is 11.9. The van der Waals surface area contributed by atoms with E-state index in [4.69, 9.17) is 0 Å². The van der Waals surface area contributed by atoms with E-state index >= 15 is 0 Å². The summed E-state index contributed by atoms with van der Waals surface area (Å²) in [5.74, 6) is 0. The maximum atomic E-state index is 11.0. The van der Waals surface area contributed by atoms with E-state index in [1.165, 1.54) is 11.8 Å². The first-order valence-electron chi connectivity index (χ1n) is 7.29. The highest BCUT2D eigenvalue weighted by Crippen LogP contribution is 2.43. The summed E-state index contributed by atoms with van der Waals surface area (Å²) in [6.07, 6.45) is 7.11. The van der Waals surface area contributed by atoms with Gasteiger partial charge in [-0.15, -0.1) is 0 Å². The van der Waals surface area contributed by atoms with E-state index in [2.05, 4.69) is 43.1 Å². The van der Waals surface area contributed by atoms with Crippen LogP contribution in [0, 0.1) is 5.41 Å². The van der Waals surface area contributed by atoms with Gasteiger partial charge in [0.2, 0.25) is 0 Å². The lowest BCUT2D eigenvalue weighted by molar-refractivity contribution is 0.0181. The Labute approximate surface area is 114 Å². The molecule has 3 rings (SSSR count). The van der Waals surface area contributed by atoms with Crippen molar-refractivity contribution >= 4 is 10.9 Å². The molecule has 1 fully saturated rings. The molecule has 1 heterocycles. The highest BCUT2D eigenvalue weighted by Gasteiger charge is 2.35. The second-order valence-corrected chi connectivity index (χ2v) is 6.83. The molecule has 1 aromatic carbocycles. The summed E-state index contributed by atoms with van der Waals surface area (Å²) in [5.41, 5.74) is 1.95. The summed E-state index contributed by atoms with van der Waals surface area (Å²) in [7, 11) is 0. The van der Waals surface area contributed by atoms with Crippen LogP contribution in [0.1, 0.15) is 51.5 Å². The molecule has 0 saturated heterocycles. The van der Waals surface area contributed by atoms with Crippen molar-refractivity contribution < 1.29 is 5.11 Å². The summed E-state index contributed by atoms with van der Waals surface area (Å²) in [6.45, 7) is 4.63. The molecule has 2 N–H and O–H groups in total. The monoisotopic (exact) mass is 257 g/mol. The van der Waals surface area contributed by atoms with Crippen molar-refractivity contribution in [1.29, 1.82) is 0 Å². The summed E-state index contributed by atoms with van der Waals surface area (Å²) < 4.78 is 0. The van der Waals surface area contributed by atoms with Crippen LogP contribution >= 0.6 is 0 Å². The number of nitrogens with one attached hydrogen (secondary N) is 1. The largest absolute Gasteiger partial charge is 0.385 e. The van der Waals surface area contributed by atoms with E-state index in [1.807, 2.05) is 6.20 Å². The minimum atomic E-state index is -0.640. The Morgan fingerprint density at radius 1 is 1.05 bits per heavy atom. The number of fused-ring (bicyclic) bond motifs is 1. The average Bonchev–Trinajstić information content (AvgIpc) is 2.78. The number of benzene rings is 1. The summed E-state index contributed by atoms with van der Waals surface area (Å²) in [6, 6.07) is 8.38. The molecule has 1 aliphatic carbocycles. The van der Waals surface area contributed by atoms with Crippen molar-refractivity contribution in [2.45, 2.75) is 51.6 Å². The van der Waals surface area contributed by atoms with Gasteiger partial charge in [-0.2, -0.15) is 0 Å². The Hall–Kier alpha value is -1.28. The van der Waals surface area contributed by atoms with Crippen LogP contribution < -0.4 is 0 Å². The van der Waals surface area contributed by atoms with Crippen molar-refractivity contribution in [2.24, 2.45) is 5.41 Å². The lowest BCUT2D eigenvalue weighted by atomic mass is 9.82. The first kappa shape index (κ1) is 12.7. The molecule has 19 heavy (non-hydrogen) atoms. The first-order valence-corrected chi connectivity index (χ1v) is 7.29. The Morgan fingerprint density at radius 3 is 2.74 bits per heavy atom. The van der Waals surface area contributed by atoms with Gasteiger partial charge in [-0.05, 0) is 66.7 Å². The van der Waals surface area contributed by atoms with Gasteiger partial charge in [0.05, 0.1) is 5.60 Å². The fourth-order valence-electron chi connectivity index (χ4n) is 3.29. The Balaban J connectivity index is 1.94. The summed E-state index contributed by atoms with van der Waals surface area (Å²) >= 11 is 0. The Morgan fingerprint density at radius 2 is 1.89 bits per heavy atom. The predicted molar refractivity (Wildman–Crippen MR) is 79.1 cm³/mol. The highest BCUT2D eigenvalue weighted by molar-refractivity contribution is 5.80. The number of aromatic amines is 1. The fraction of sp³-hybridized carbons (Fsp3) is 0.529. The number of hydrogen-bond donors (Lipinski definition) is 2. The number of H-pyrrole nitrogens is 1. The third-order valence-corrected chi connectivity index (χ3v) is 4.75. The molecule has 0 bridgehead atoms. The average molecular weight is 257 g/mol. The van der Waals surface area contributed by atoms with Gasteiger partial charge in [-0.1, -0.05) is 19.9 Å². The molecular formula is C17H23NO. The minimum Gasteiger partial charge on any atom is -0.385 e. The van der Waals surface area contributed by atoms with Crippen LogP contribution in [0.3, 0.4) is 0 Å². The summed E-state index contributed by atoms with van der Waals surface area (Å²) in [4.78, 5) is 3.21. The van der Waals surface area contributed by atoms with E-state index < -0.39 is 5.60 Å². The minimum absolute atomic E-state index is 0.364. The van der Waals surface area contributed by atoms with Crippen LogP contribution in [-0.4, -0.2) is 10.1 Å². The van der Waals surface area contributed by atoms with Crippen LogP contribution in [0.25, 0.3) is 10.9 Å². The third-order valence-electron chi connectivity index (χ3n) is 4.75. The van der Waals surface area contributed by atoms with Gasteiger partial charge in [-0.3, -0.25) is 0 Å². The molecule has 1 saturated carbocycles. The second kappa shape index (κ2) is 4.38. The smallest absolute Gasteiger partial charge is 0.0897 e. The lowest BCUT2D eigenvalue weighted by Gasteiger charge is -2.28. The van der Waals surface area contributed by atoms with Gasteiger partial charge in [0.25, 0.3) is 0 Å². The SMILES string of the molecule is CC1(C)CCCC(O)(c2ccc3[nH]ccc3c2)CC1. The van der Waals surface area contributed by atoms with Crippen molar-refractivity contribution in [3.63, 3.8) is 0 Å². The Kier molecular flexibility index (Phi) is 2.94. The third kappa shape index (κ3) is 2.42. The molecule has 1 atom stereocenters. The standard InChI is InChI=1S/C17H23NO/c1-16(2)7-3-8-17(19,10-9-16)14-4-5-15-13(12-14)6-11-18-15/h4-6,11-12,18-19H,3,7-10H2,1-2H3. The Bertz CT molecular complexity index is 584. The van der Waals surface area contributed by atoms with E-state index in [1.54, 1.807) is 0 Å². The van der Waals surface area contributed by atoms with Crippen molar-refractivity contribution in [3.05, 3.63) is 36.0 Å². The van der Waals surface area contributed by atoms with E-state index in [0.717, 1.165) is 36.8 Å². The summed E-state index contributed by atoms with van der Waals surface area (Å²) in [5, 5.41) is 12.2. The van der Waals surface area contributed by atoms with Gasteiger partial charge in [0.15, 0.2) is 0 Å². The molecule has 2 heteroatoms. The zero-order chi connectivity index (χ0) is 13.5. The van der Waals surface area contributed by atoms with Crippen molar-refractivity contribution in [2.75, 3.05) is 0 Å². The van der Waals surface area contributed by atoms with E-state index in [9.17, 15) is 5.11 Å². The van der Waals surface area contributed by atoms with Crippen LogP contribution in [0.2, 0.25) is 0 Å². The quantitative estimate of drug-likeness (QED) is 0.732. The predicted octanol–water partition coefficient (Wildman–Crippen LogP) is 4.35. The second-order valence-electron chi connectivity index (χ2n) is 6.83. The number of hydrogen-bond acceptors (Lipinski definition) is 1. The van der Waals surface area contributed by atoms with Crippen LogP contribution in [0.5, 0.6) is 0 Å². The maximum absolute atomic E-state index is 11.0. The van der Waals surface area contributed by atoms with Gasteiger partial charge >= 0.3 is 0 Å². The van der Waals surface area contributed by atoms with Crippen LogP contribution in [-0.2, 0) is 5.60 Å². The molecule has 0 radical (unpaired) electrons. The molecule has 1 aromatic heterocycles. The molecule has 0 aliphatic heterocycles. The van der Waals surface area contributed by atoms with Crippen LogP contribution in [0.15, 0.2) is 30.5 Å². The fourth-order valence-corrected chi connectivity index (χ4v) is 3.29. The maximum Gasteiger partial charge on any atom is 0.0897 e.